The Balaban J connectivity index is 1.77. The Kier molecular flexibility index (Phi) is 6.86. The Labute approximate surface area is 151 Å². The molecule has 0 saturated carbocycles. The minimum absolute atomic E-state index is 0.00289. The van der Waals surface area contributed by atoms with E-state index in [-0.39, 0.29) is 42.5 Å². The first kappa shape index (κ1) is 19.3. The van der Waals surface area contributed by atoms with Gasteiger partial charge in [-0.3, -0.25) is 14.4 Å². The van der Waals surface area contributed by atoms with E-state index in [2.05, 4.69) is 20.8 Å². The molecule has 1 aromatic heterocycles. The van der Waals surface area contributed by atoms with Crippen LogP contribution in [-0.4, -0.2) is 52.0 Å². The van der Waals surface area contributed by atoms with Crippen LogP contribution in [0.5, 0.6) is 0 Å². The van der Waals surface area contributed by atoms with Crippen molar-refractivity contribution in [3.63, 3.8) is 0 Å². The van der Waals surface area contributed by atoms with Gasteiger partial charge in [-0.1, -0.05) is 11.3 Å². The Bertz CT molecular complexity index is 631. The summed E-state index contributed by atoms with van der Waals surface area (Å²) in [6, 6.07) is 0.0891. The molecule has 2 heterocycles. The predicted molar refractivity (Wildman–Crippen MR) is 95.1 cm³/mol. The van der Waals surface area contributed by atoms with Crippen LogP contribution in [0.25, 0.3) is 0 Å². The fourth-order valence-corrected chi connectivity index (χ4v) is 3.34. The second kappa shape index (κ2) is 8.89. The van der Waals surface area contributed by atoms with Gasteiger partial charge in [-0.25, -0.2) is 0 Å². The maximum atomic E-state index is 12.3. The van der Waals surface area contributed by atoms with Crippen LogP contribution in [0.4, 0.5) is 5.13 Å². The fourth-order valence-electron chi connectivity index (χ4n) is 2.73. The second-order valence-corrected chi connectivity index (χ2v) is 7.70. The number of rotatable bonds is 6. The van der Waals surface area contributed by atoms with Crippen molar-refractivity contribution in [2.24, 2.45) is 5.92 Å². The van der Waals surface area contributed by atoms with Gasteiger partial charge in [-0.15, -0.1) is 10.2 Å². The van der Waals surface area contributed by atoms with Gasteiger partial charge in [-0.2, -0.15) is 0 Å². The molecule has 1 unspecified atom stereocenters. The van der Waals surface area contributed by atoms with E-state index >= 15 is 0 Å². The minimum atomic E-state index is -0.254. The third kappa shape index (κ3) is 6.08. The highest BCUT2D eigenvalue weighted by Crippen LogP contribution is 2.18. The molecule has 0 aromatic carbocycles. The number of amides is 3. The quantitative estimate of drug-likeness (QED) is 0.789. The van der Waals surface area contributed by atoms with Crippen LogP contribution in [0.2, 0.25) is 0 Å². The van der Waals surface area contributed by atoms with Gasteiger partial charge in [0, 0.05) is 32.0 Å². The molecule has 9 heteroatoms. The smallest absolute Gasteiger partial charge is 0.226 e. The Morgan fingerprint density at radius 2 is 2.04 bits per heavy atom. The van der Waals surface area contributed by atoms with Gasteiger partial charge < -0.3 is 15.5 Å². The highest BCUT2D eigenvalue weighted by atomic mass is 32.1. The normalized spacial score (nSPS) is 17.4. The van der Waals surface area contributed by atoms with Crippen LogP contribution >= 0.6 is 11.3 Å². The summed E-state index contributed by atoms with van der Waals surface area (Å²) in [6.45, 7) is 6.71. The van der Waals surface area contributed by atoms with Crippen LogP contribution in [0.1, 0.15) is 44.5 Å². The van der Waals surface area contributed by atoms with Gasteiger partial charge >= 0.3 is 0 Å². The van der Waals surface area contributed by atoms with Gasteiger partial charge in [0.15, 0.2) is 0 Å². The summed E-state index contributed by atoms with van der Waals surface area (Å²) in [5.74, 6) is -0.517. The van der Waals surface area contributed by atoms with E-state index in [9.17, 15) is 14.4 Å². The standard InChI is InChI=1S/C16H25N5O3S/c1-10(2)17-15(24)12-5-4-8-21(9-12)14(23)7-6-13(22)18-16-20-19-11(3)25-16/h10,12H,4-9H2,1-3H3,(H,17,24)(H,18,20,22). The highest BCUT2D eigenvalue weighted by molar-refractivity contribution is 7.15. The molecule has 1 aliphatic rings. The van der Waals surface area contributed by atoms with Gasteiger partial charge in [0.05, 0.1) is 5.92 Å². The molecule has 1 aliphatic heterocycles. The summed E-state index contributed by atoms with van der Waals surface area (Å²) >= 11 is 1.29. The first-order valence-corrected chi connectivity index (χ1v) is 9.35. The number of piperidine rings is 1. The summed E-state index contributed by atoms with van der Waals surface area (Å²) in [7, 11) is 0. The molecule has 1 aromatic rings. The van der Waals surface area contributed by atoms with Crippen molar-refractivity contribution in [2.45, 2.75) is 52.5 Å². The van der Waals surface area contributed by atoms with Gasteiger partial charge in [-0.05, 0) is 33.6 Å². The SMILES string of the molecule is Cc1nnc(NC(=O)CCC(=O)N2CCCC(C(=O)NC(C)C)C2)s1. The van der Waals surface area contributed by atoms with Crippen LogP contribution in [0, 0.1) is 12.8 Å². The van der Waals surface area contributed by atoms with Gasteiger partial charge in [0.25, 0.3) is 0 Å². The second-order valence-electron chi connectivity index (χ2n) is 6.52. The van der Waals surface area contributed by atoms with Crippen molar-refractivity contribution in [2.75, 3.05) is 18.4 Å². The van der Waals surface area contributed by atoms with E-state index in [1.54, 1.807) is 11.8 Å². The average molecular weight is 367 g/mol. The Hall–Kier alpha value is -2.03. The zero-order chi connectivity index (χ0) is 18.4. The van der Waals surface area contributed by atoms with E-state index in [0.29, 0.717) is 18.2 Å². The minimum Gasteiger partial charge on any atom is -0.354 e. The van der Waals surface area contributed by atoms with Crippen LogP contribution in [0.15, 0.2) is 0 Å². The lowest BCUT2D eigenvalue weighted by Gasteiger charge is -2.32. The zero-order valence-electron chi connectivity index (χ0n) is 14.9. The fraction of sp³-hybridized carbons (Fsp3) is 0.688. The molecule has 0 aliphatic carbocycles. The van der Waals surface area contributed by atoms with Gasteiger partial charge in [0.1, 0.15) is 5.01 Å². The van der Waals surface area contributed by atoms with E-state index in [0.717, 1.165) is 17.8 Å². The number of hydrogen-bond donors (Lipinski definition) is 2. The maximum Gasteiger partial charge on any atom is 0.226 e. The molecular weight excluding hydrogens is 342 g/mol. The van der Waals surface area contributed by atoms with Crippen molar-refractivity contribution in [1.82, 2.24) is 20.4 Å². The summed E-state index contributed by atoms with van der Waals surface area (Å²) < 4.78 is 0. The molecule has 0 spiro atoms. The first-order chi connectivity index (χ1) is 11.8. The van der Waals surface area contributed by atoms with E-state index < -0.39 is 0 Å². The summed E-state index contributed by atoms with van der Waals surface area (Å²) in [4.78, 5) is 38.0. The molecule has 138 valence electrons. The monoisotopic (exact) mass is 367 g/mol. The zero-order valence-corrected chi connectivity index (χ0v) is 15.7. The lowest BCUT2D eigenvalue weighted by molar-refractivity contribution is -0.137. The third-order valence-corrected chi connectivity index (χ3v) is 4.67. The number of hydrogen-bond acceptors (Lipinski definition) is 6. The Morgan fingerprint density at radius 3 is 2.68 bits per heavy atom. The molecule has 2 rings (SSSR count). The summed E-state index contributed by atoms with van der Waals surface area (Å²) in [5, 5.41) is 14.4. The molecule has 0 radical (unpaired) electrons. The molecule has 8 nitrogen and oxygen atoms in total. The molecule has 0 bridgehead atoms. The number of aromatic nitrogens is 2. The highest BCUT2D eigenvalue weighted by Gasteiger charge is 2.28. The predicted octanol–water partition coefficient (Wildman–Crippen LogP) is 1.33. The first-order valence-electron chi connectivity index (χ1n) is 8.53. The molecule has 1 saturated heterocycles. The van der Waals surface area contributed by atoms with E-state index in [1.807, 2.05) is 13.8 Å². The number of carbonyl (C=O) groups is 3. The molecule has 1 fully saturated rings. The summed E-state index contributed by atoms with van der Waals surface area (Å²) in [5.41, 5.74) is 0. The van der Waals surface area contributed by atoms with Crippen molar-refractivity contribution < 1.29 is 14.4 Å². The largest absolute Gasteiger partial charge is 0.354 e. The molecule has 2 N–H and O–H groups in total. The summed E-state index contributed by atoms with van der Waals surface area (Å²) in [6.07, 6.45) is 1.82. The number of nitrogens with one attached hydrogen (secondary N) is 2. The van der Waals surface area contributed by atoms with Crippen molar-refractivity contribution in [1.29, 1.82) is 0 Å². The van der Waals surface area contributed by atoms with Crippen LogP contribution < -0.4 is 10.6 Å². The number of aryl methyl sites for hydroxylation is 1. The van der Waals surface area contributed by atoms with Crippen molar-refractivity contribution in [3.8, 4) is 0 Å². The number of carbonyl (C=O) groups excluding carboxylic acids is 3. The van der Waals surface area contributed by atoms with Crippen molar-refractivity contribution in [3.05, 3.63) is 5.01 Å². The average Bonchev–Trinajstić information content (AvgIpc) is 2.97. The van der Waals surface area contributed by atoms with E-state index in [1.165, 1.54) is 11.3 Å². The van der Waals surface area contributed by atoms with E-state index in [4.69, 9.17) is 0 Å². The Morgan fingerprint density at radius 1 is 1.28 bits per heavy atom. The molecule has 3 amide bonds. The molecule has 1 atom stereocenters. The van der Waals surface area contributed by atoms with Crippen LogP contribution in [-0.2, 0) is 14.4 Å². The lowest BCUT2D eigenvalue weighted by atomic mass is 9.96. The topological polar surface area (TPSA) is 104 Å². The number of nitrogens with zero attached hydrogens (tertiary/aromatic N) is 3. The molecule has 25 heavy (non-hydrogen) atoms. The third-order valence-electron chi connectivity index (χ3n) is 3.91. The lowest BCUT2D eigenvalue weighted by Crippen LogP contribution is -2.46. The number of anilines is 1. The van der Waals surface area contributed by atoms with Crippen molar-refractivity contribution >= 4 is 34.2 Å². The maximum absolute atomic E-state index is 12.3. The van der Waals surface area contributed by atoms with Crippen LogP contribution in [0.3, 0.4) is 0 Å². The van der Waals surface area contributed by atoms with Gasteiger partial charge in [0.2, 0.25) is 22.9 Å². The number of likely N-dealkylation sites (tertiary alicyclic amines) is 1. The molecular formula is C16H25N5O3S.